The van der Waals surface area contributed by atoms with E-state index >= 15 is 0 Å². The fourth-order valence-electron chi connectivity index (χ4n) is 2.34. The molecule has 1 unspecified atom stereocenters. The van der Waals surface area contributed by atoms with Crippen LogP contribution in [0.5, 0.6) is 0 Å². The van der Waals surface area contributed by atoms with Gasteiger partial charge in [0.15, 0.2) is 0 Å². The summed E-state index contributed by atoms with van der Waals surface area (Å²) in [5.41, 5.74) is 1.98. The second-order valence-electron chi connectivity index (χ2n) is 4.48. The Labute approximate surface area is 129 Å². The molecule has 1 N–H and O–H groups in total. The zero-order valence-corrected chi connectivity index (χ0v) is 13.5. The lowest BCUT2D eigenvalue weighted by Crippen LogP contribution is -2.35. The van der Waals surface area contributed by atoms with Gasteiger partial charge in [-0.2, -0.15) is 5.10 Å². The Morgan fingerprint density at radius 1 is 1.63 bits per heavy atom. The minimum atomic E-state index is -1.62. The van der Waals surface area contributed by atoms with E-state index in [1.54, 1.807) is 10.6 Å². The van der Waals surface area contributed by atoms with Crippen molar-refractivity contribution in [3.05, 3.63) is 22.8 Å². The lowest BCUT2D eigenvalue weighted by Gasteiger charge is -2.13. The van der Waals surface area contributed by atoms with E-state index in [1.807, 2.05) is 6.07 Å². The molecular weight excluding hydrogens is 403 g/mol. The van der Waals surface area contributed by atoms with Crippen LogP contribution in [-0.4, -0.2) is 21.7 Å². The molecule has 1 aromatic heterocycles. The standard InChI is InChI=1S/C10H9BClFIN2O2P/c12-7-3-8-6(4-15-16(8)19-14)10(11(17)18-13)9(7)5-1-2-5/h3-5,17,19H,1-2H2. The molecule has 2 aromatic rings. The molecule has 1 fully saturated rings. The van der Waals surface area contributed by atoms with Gasteiger partial charge in [-0.3, -0.25) is 0 Å². The Morgan fingerprint density at radius 3 is 2.95 bits per heavy atom. The van der Waals surface area contributed by atoms with Gasteiger partial charge in [0.2, 0.25) is 0 Å². The molecule has 0 amide bonds. The second-order valence-corrected chi connectivity index (χ2v) is 6.92. The minimum absolute atomic E-state index is 0.280. The van der Waals surface area contributed by atoms with Crippen LogP contribution in [-0.2, 0) is 4.86 Å². The summed E-state index contributed by atoms with van der Waals surface area (Å²) in [5, 5.41) is 15.3. The van der Waals surface area contributed by atoms with Crippen molar-refractivity contribution in [1.29, 1.82) is 0 Å². The van der Waals surface area contributed by atoms with Gasteiger partial charge in [0, 0.05) is 15.9 Å². The number of benzene rings is 1. The van der Waals surface area contributed by atoms with Crippen LogP contribution < -0.4 is 5.46 Å². The predicted octanol–water partition coefficient (Wildman–Crippen LogP) is 2.95. The molecule has 1 aliphatic carbocycles. The Balaban J connectivity index is 2.31. The van der Waals surface area contributed by atoms with E-state index in [4.69, 9.17) is 11.6 Å². The number of halogens is 3. The highest BCUT2D eigenvalue weighted by Crippen LogP contribution is 2.44. The number of rotatable bonds is 4. The topological polar surface area (TPSA) is 47.3 Å². The third-order valence-corrected chi connectivity index (χ3v) is 5.50. The normalized spacial score (nSPS) is 15.8. The zero-order chi connectivity index (χ0) is 13.6. The van der Waals surface area contributed by atoms with Crippen LogP contribution in [0.3, 0.4) is 0 Å². The molecule has 0 bridgehead atoms. The van der Waals surface area contributed by atoms with E-state index in [0.717, 1.165) is 23.9 Å². The fourth-order valence-corrected chi connectivity index (χ4v) is 4.23. The summed E-state index contributed by atoms with van der Waals surface area (Å²) in [7, 11) is -1.62. The molecule has 1 heterocycles. The van der Waals surface area contributed by atoms with Crippen molar-refractivity contribution in [2.24, 2.45) is 0 Å². The van der Waals surface area contributed by atoms with Gasteiger partial charge in [-0.1, -0.05) is 16.1 Å². The Hall–Kier alpha value is 0.0549. The first-order valence-electron chi connectivity index (χ1n) is 5.69. The van der Waals surface area contributed by atoms with Crippen molar-refractivity contribution in [3.63, 3.8) is 0 Å². The van der Waals surface area contributed by atoms with Crippen LogP contribution in [0.4, 0.5) is 4.53 Å². The van der Waals surface area contributed by atoms with E-state index in [2.05, 4.69) is 32.0 Å². The molecule has 19 heavy (non-hydrogen) atoms. The Morgan fingerprint density at radius 2 is 2.37 bits per heavy atom. The molecule has 0 spiro atoms. The molecule has 0 radical (unpaired) electrons. The predicted molar refractivity (Wildman–Crippen MR) is 84.3 cm³/mol. The summed E-state index contributed by atoms with van der Waals surface area (Å²) in [6.45, 7) is 0. The van der Waals surface area contributed by atoms with Gasteiger partial charge in [-0.05, 0) is 52.4 Å². The number of nitrogens with zero attached hydrogens (tertiary/aromatic N) is 2. The average Bonchev–Trinajstić information content (AvgIpc) is 3.17. The summed E-state index contributed by atoms with van der Waals surface area (Å²) in [5.74, 6) is 0.280. The second kappa shape index (κ2) is 5.45. The molecular formula is C10H9BClFIN2O2P. The molecule has 4 nitrogen and oxygen atoms in total. The van der Waals surface area contributed by atoms with Crippen LogP contribution in [0.1, 0.15) is 24.3 Å². The SMILES string of the molecule is OB(OF)c1c(C2CC2)c(Cl)cc2c1cnn2PI. The van der Waals surface area contributed by atoms with Crippen molar-refractivity contribution >= 4 is 63.5 Å². The van der Waals surface area contributed by atoms with E-state index in [0.29, 0.717) is 22.2 Å². The summed E-state index contributed by atoms with van der Waals surface area (Å²) in [4.78, 5) is 3.62. The first kappa shape index (κ1) is 14.0. The monoisotopic (exact) mass is 412 g/mol. The van der Waals surface area contributed by atoms with Crippen LogP contribution in [0.25, 0.3) is 10.9 Å². The fraction of sp³-hybridized carbons (Fsp3) is 0.300. The van der Waals surface area contributed by atoms with Gasteiger partial charge in [-0.15, -0.1) is 0 Å². The van der Waals surface area contributed by atoms with E-state index in [-0.39, 0.29) is 5.92 Å². The molecule has 3 rings (SSSR count). The first-order valence-corrected chi connectivity index (χ1v) is 10.1. The number of aromatic nitrogens is 2. The van der Waals surface area contributed by atoms with Crippen LogP contribution in [0, 0.1) is 0 Å². The van der Waals surface area contributed by atoms with Crippen molar-refractivity contribution in [3.8, 4) is 0 Å². The Kier molecular flexibility index (Phi) is 4.02. The zero-order valence-electron chi connectivity index (χ0n) is 9.61. The summed E-state index contributed by atoms with van der Waals surface area (Å²) in [6.07, 6.45) is 4.03. The van der Waals surface area contributed by atoms with Crippen LogP contribution in [0.15, 0.2) is 12.3 Å². The lowest BCUT2D eigenvalue weighted by atomic mass is 9.73. The maximum Gasteiger partial charge on any atom is 0.530 e. The average molecular weight is 412 g/mol. The van der Waals surface area contributed by atoms with Crippen molar-refractivity contribution in [1.82, 2.24) is 9.55 Å². The van der Waals surface area contributed by atoms with Gasteiger partial charge >= 0.3 is 7.12 Å². The Bertz CT molecular complexity index is 640. The highest BCUT2D eigenvalue weighted by molar-refractivity contribution is 14.2. The third-order valence-electron chi connectivity index (χ3n) is 3.30. The van der Waals surface area contributed by atoms with E-state index < -0.39 is 7.12 Å². The molecule has 1 saturated carbocycles. The van der Waals surface area contributed by atoms with E-state index in [9.17, 15) is 9.55 Å². The highest BCUT2D eigenvalue weighted by atomic mass is 127. The van der Waals surface area contributed by atoms with Crippen LogP contribution in [0.2, 0.25) is 5.02 Å². The van der Waals surface area contributed by atoms with Crippen molar-refractivity contribution in [2.45, 2.75) is 18.8 Å². The van der Waals surface area contributed by atoms with Crippen molar-refractivity contribution < 1.29 is 14.4 Å². The molecule has 100 valence electrons. The number of fused-ring (bicyclic) bond motifs is 1. The largest absolute Gasteiger partial charge is 0.530 e. The lowest BCUT2D eigenvalue weighted by molar-refractivity contribution is -0.0267. The number of hydrogen-bond acceptors (Lipinski definition) is 3. The maximum absolute atomic E-state index is 12.5. The van der Waals surface area contributed by atoms with Gasteiger partial charge in [-0.25, -0.2) is 9.31 Å². The molecule has 0 aliphatic heterocycles. The number of hydrogen-bond donors (Lipinski definition) is 1. The quantitative estimate of drug-likeness (QED) is 0.477. The van der Waals surface area contributed by atoms with Crippen LogP contribution >= 0.6 is 40.0 Å². The van der Waals surface area contributed by atoms with E-state index in [1.165, 1.54) is 0 Å². The first-order chi connectivity index (χ1) is 9.17. The summed E-state index contributed by atoms with van der Waals surface area (Å²) >= 11 is 8.50. The molecule has 1 aromatic carbocycles. The van der Waals surface area contributed by atoms with Crippen molar-refractivity contribution in [2.75, 3.05) is 0 Å². The smallest absolute Gasteiger partial charge is 0.421 e. The molecule has 0 saturated heterocycles. The third kappa shape index (κ3) is 2.40. The molecule has 1 aliphatic rings. The van der Waals surface area contributed by atoms with Gasteiger partial charge < -0.3 is 5.02 Å². The highest BCUT2D eigenvalue weighted by Gasteiger charge is 2.35. The summed E-state index contributed by atoms with van der Waals surface area (Å²) < 4.78 is 14.2. The molecule has 9 heteroatoms. The summed E-state index contributed by atoms with van der Waals surface area (Å²) in [6, 6.07) is 1.83. The van der Waals surface area contributed by atoms with Gasteiger partial charge in [0.25, 0.3) is 0 Å². The van der Waals surface area contributed by atoms with Gasteiger partial charge in [0.05, 0.1) is 18.1 Å². The minimum Gasteiger partial charge on any atom is -0.421 e. The maximum atomic E-state index is 12.5. The molecule has 1 atom stereocenters. The van der Waals surface area contributed by atoms with Gasteiger partial charge in [0.1, 0.15) is 0 Å².